The fraction of sp³-hybridized carbons (Fsp3) is 0.200. The highest BCUT2D eigenvalue weighted by molar-refractivity contribution is 5.98. The van der Waals surface area contributed by atoms with Crippen molar-refractivity contribution in [2.45, 2.75) is 13.1 Å². The van der Waals surface area contributed by atoms with Crippen molar-refractivity contribution in [2.24, 2.45) is 0 Å². The molecule has 150 valence electrons. The van der Waals surface area contributed by atoms with E-state index in [-0.39, 0.29) is 5.91 Å². The van der Waals surface area contributed by atoms with Crippen molar-refractivity contribution >= 4 is 28.9 Å². The van der Waals surface area contributed by atoms with Crippen molar-refractivity contribution in [1.82, 2.24) is 19.7 Å². The zero-order valence-corrected chi connectivity index (χ0v) is 16.1. The van der Waals surface area contributed by atoms with E-state index in [1.165, 1.54) is 12.4 Å². The van der Waals surface area contributed by atoms with Crippen LogP contribution >= 0.6 is 0 Å². The van der Waals surface area contributed by atoms with Gasteiger partial charge in [0.25, 0.3) is 0 Å². The number of amides is 1. The zero-order valence-electron chi connectivity index (χ0n) is 16.1. The summed E-state index contributed by atoms with van der Waals surface area (Å²) in [6, 6.07) is 9.37. The van der Waals surface area contributed by atoms with Gasteiger partial charge in [0.2, 0.25) is 5.91 Å². The van der Waals surface area contributed by atoms with E-state index in [4.69, 9.17) is 4.74 Å². The number of hydrogen-bond donors (Lipinski definition) is 3. The van der Waals surface area contributed by atoms with Gasteiger partial charge in [0.05, 0.1) is 25.0 Å². The first-order valence-corrected chi connectivity index (χ1v) is 9.03. The van der Waals surface area contributed by atoms with E-state index in [2.05, 4.69) is 37.6 Å². The van der Waals surface area contributed by atoms with Gasteiger partial charge in [-0.3, -0.25) is 9.48 Å². The molecule has 9 nitrogen and oxygen atoms in total. The number of nitrogens with zero attached hydrogens (tertiary/aromatic N) is 4. The van der Waals surface area contributed by atoms with Gasteiger partial charge in [-0.2, -0.15) is 5.10 Å². The summed E-state index contributed by atoms with van der Waals surface area (Å²) in [5, 5.41) is 13.5. The SMILES string of the molecule is C=CC(=O)Nc1cccc(CNc2cc(Nc3cnn(CCOC)c3)ncn2)c1. The minimum atomic E-state index is -0.243. The van der Waals surface area contributed by atoms with Gasteiger partial charge in [-0.15, -0.1) is 0 Å². The second-order valence-corrected chi connectivity index (χ2v) is 6.15. The molecule has 0 atom stereocenters. The molecule has 3 rings (SSSR count). The molecular weight excluding hydrogens is 370 g/mol. The summed E-state index contributed by atoms with van der Waals surface area (Å²) in [6.07, 6.45) is 6.34. The third-order valence-corrected chi connectivity index (χ3v) is 3.95. The van der Waals surface area contributed by atoms with E-state index >= 15 is 0 Å². The Labute approximate surface area is 168 Å². The molecule has 0 unspecified atom stereocenters. The normalized spacial score (nSPS) is 10.4. The highest BCUT2D eigenvalue weighted by atomic mass is 16.5. The highest BCUT2D eigenvalue weighted by Crippen LogP contribution is 2.17. The van der Waals surface area contributed by atoms with Gasteiger partial charge >= 0.3 is 0 Å². The highest BCUT2D eigenvalue weighted by Gasteiger charge is 2.04. The summed E-state index contributed by atoms with van der Waals surface area (Å²) >= 11 is 0. The van der Waals surface area contributed by atoms with Crippen molar-refractivity contribution < 1.29 is 9.53 Å². The Morgan fingerprint density at radius 1 is 1.24 bits per heavy atom. The van der Waals surface area contributed by atoms with Crippen molar-refractivity contribution in [3.05, 3.63) is 67.3 Å². The predicted molar refractivity (Wildman–Crippen MR) is 112 cm³/mol. The molecule has 2 heterocycles. The average molecular weight is 393 g/mol. The summed E-state index contributed by atoms with van der Waals surface area (Å²) in [7, 11) is 1.66. The zero-order chi connectivity index (χ0) is 20.5. The molecule has 0 radical (unpaired) electrons. The van der Waals surface area contributed by atoms with Crippen LogP contribution in [0, 0.1) is 0 Å². The van der Waals surface area contributed by atoms with Crippen LogP contribution in [0.5, 0.6) is 0 Å². The van der Waals surface area contributed by atoms with E-state index in [1.807, 2.05) is 36.5 Å². The van der Waals surface area contributed by atoms with Crippen molar-refractivity contribution in [3.8, 4) is 0 Å². The Kier molecular flexibility index (Phi) is 6.90. The van der Waals surface area contributed by atoms with Gasteiger partial charge in [0.15, 0.2) is 0 Å². The number of carbonyl (C=O) groups excluding carboxylic acids is 1. The fourth-order valence-corrected chi connectivity index (χ4v) is 2.55. The number of anilines is 4. The molecule has 29 heavy (non-hydrogen) atoms. The smallest absolute Gasteiger partial charge is 0.247 e. The van der Waals surface area contributed by atoms with Gasteiger partial charge in [0.1, 0.15) is 18.0 Å². The van der Waals surface area contributed by atoms with Crippen LogP contribution in [0.1, 0.15) is 5.56 Å². The van der Waals surface area contributed by atoms with Crippen LogP contribution in [0.2, 0.25) is 0 Å². The number of ether oxygens (including phenoxy) is 1. The number of hydrogen-bond acceptors (Lipinski definition) is 7. The van der Waals surface area contributed by atoms with Crippen molar-refractivity contribution in [3.63, 3.8) is 0 Å². The molecule has 3 N–H and O–H groups in total. The van der Waals surface area contributed by atoms with E-state index < -0.39 is 0 Å². The second-order valence-electron chi connectivity index (χ2n) is 6.15. The first kappa shape index (κ1) is 20.0. The standard InChI is InChI=1S/C20H23N7O2/c1-3-20(28)26-16-6-4-5-15(9-16)11-21-18-10-19(23-14-22-18)25-17-12-24-27(13-17)7-8-29-2/h3-6,9-10,12-14H,1,7-8,11H2,2H3,(H,26,28)(H2,21,22,23,25). The minimum absolute atomic E-state index is 0.243. The van der Waals surface area contributed by atoms with E-state index in [9.17, 15) is 4.79 Å². The quantitative estimate of drug-likeness (QED) is 0.455. The maximum Gasteiger partial charge on any atom is 0.247 e. The molecule has 0 aliphatic carbocycles. The lowest BCUT2D eigenvalue weighted by Crippen LogP contribution is -2.08. The number of aromatic nitrogens is 4. The molecule has 0 aliphatic rings. The maximum atomic E-state index is 11.4. The van der Waals surface area contributed by atoms with Crippen molar-refractivity contribution in [1.29, 1.82) is 0 Å². The third-order valence-electron chi connectivity index (χ3n) is 3.95. The molecule has 3 aromatic rings. The van der Waals surface area contributed by atoms with Crippen LogP contribution in [-0.2, 0) is 22.6 Å². The predicted octanol–water partition coefficient (Wildman–Crippen LogP) is 2.80. The summed E-state index contributed by atoms with van der Waals surface area (Å²) in [5.41, 5.74) is 2.54. The average Bonchev–Trinajstić information content (AvgIpc) is 3.18. The van der Waals surface area contributed by atoms with Crippen LogP contribution in [0.15, 0.2) is 61.7 Å². The summed E-state index contributed by atoms with van der Waals surface area (Å²) < 4.78 is 6.85. The number of methoxy groups -OCH3 is 1. The van der Waals surface area contributed by atoms with E-state index in [0.29, 0.717) is 37.0 Å². The molecule has 1 amide bonds. The summed E-state index contributed by atoms with van der Waals surface area (Å²) in [5.74, 6) is 1.09. The Hall–Kier alpha value is -3.72. The molecule has 0 fully saturated rings. The molecule has 2 aromatic heterocycles. The molecule has 0 saturated carbocycles. The number of nitrogens with one attached hydrogen (secondary N) is 3. The first-order valence-electron chi connectivity index (χ1n) is 9.03. The lowest BCUT2D eigenvalue weighted by molar-refractivity contribution is -0.111. The van der Waals surface area contributed by atoms with Gasteiger partial charge in [0, 0.05) is 31.6 Å². The second kappa shape index (κ2) is 10.00. The Balaban J connectivity index is 1.58. The Morgan fingerprint density at radius 3 is 2.93 bits per heavy atom. The Bertz CT molecular complexity index is 971. The molecule has 0 bridgehead atoms. The van der Waals surface area contributed by atoms with Gasteiger partial charge in [-0.05, 0) is 23.8 Å². The van der Waals surface area contributed by atoms with Gasteiger partial charge < -0.3 is 20.7 Å². The lowest BCUT2D eigenvalue weighted by atomic mass is 10.2. The topological polar surface area (TPSA) is 106 Å². The minimum Gasteiger partial charge on any atom is -0.383 e. The summed E-state index contributed by atoms with van der Waals surface area (Å²) in [4.78, 5) is 19.9. The monoisotopic (exact) mass is 393 g/mol. The third kappa shape index (κ3) is 6.15. The van der Waals surface area contributed by atoms with Gasteiger partial charge in [-0.1, -0.05) is 18.7 Å². The largest absolute Gasteiger partial charge is 0.383 e. The molecule has 0 saturated heterocycles. The van der Waals surface area contributed by atoms with E-state index in [1.54, 1.807) is 18.0 Å². The van der Waals surface area contributed by atoms with Gasteiger partial charge in [-0.25, -0.2) is 9.97 Å². The van der Waals surface area contributed by atoms with Crippen LogP contribution in [0.4, 0.5) is 23.0 Å². The number of rotatable bonds is 10. The lowest BCUT2D eigenvalue weighted by Gasteiger charge is -2.09. The molecule has 1 aromatic carbocycles. The van der Waals surface area contributed by atoms with Crippen LogP contribution < -0.4 is 16.0 Å². The first-order chi connectivity index (χ1) is 14.2. The fourth-order valence-electron chi connectivity index (χ4n) is 2.55. The van der Waals surface area contributed by atoms with Crippen LogP contribution in [-0.4, -0.2) is 39.4 Å². The summed E-state index contributed by atoms with van der Waals surface area (Å²) in [6.45, 7) is 5.28. The molecule has 0 aliphatic heterocycles. The molecule has 9 heteroatoms. The van der Waals surface area contributed by atoms with Crippen LogP contribution in [0.25, 0.3) is 0 Å². The van der Waals surface area contributed by atoms with Crippen LogP contribution in [0.3, 0.4) is 0 Å². The number of benzene rings is 1. The maximum absolute atomic E-state index is 11.4. The van der Waals surface area contributed by atoms with Crippen molar-refractivity contribution in [2.75, 3.05) is 29.7 Å². The number of carbonyl (C=O) groups is 1. The van der Waals surface area contributed by atoms with E-state index in [0.717, 1.165) is 11.3 Å². The molecular formula is C20H23N7O2. The molecule has 0 spiro atoms. The Morgan fingerprint density at radius 2 is 2.10 bits per heavy atom.